The molecule has 0 aromatic heterocycles. The highest BCUT2D eigenvalue weighted by Gasteiger charge is 2.30. The highest BCUT2D eigenvalue weighted by molar-refractivity contribution is 6.30. The highest BCUT2D eigenvalue weighted by Crippen LogP contribution is 2.34. The standard InChI is InChI=1S/C28H28ClF3O/c1-18(2)14-27(19(3)33)24-16-21(5-4-20-6-12-26(29)13-7-20)15-23(17-24)22-8-10-25(11-9-22)28(30,31)32/h6-13,15-18,27H,4-5,14H2,1-3H3. The van der Waals surface area contributed by atoms with Crippen LogP contribution in [0.1, 0.15) is 55.4 Å². The van der Waals surface area contributed by atoms with Crippen molar-refractivity contribution < 1.29 is 18.0 Å². The second-order valence-corrected chi connectivity index (χ2v) is 9.39. The average molecular weight is 473 g/mol. The molecule has 0 amide bonds. The first-order valence-electron chi connectivity index (χ1n) is 11.1. The van der Waals surface area contributed by atoms with Gasteiger partial charge in [-0.15, -0.1) is 0 Å². The van der Waals surface area contributed by atoms with Crippen molar-refractivity contribution in [2.45, 2.75) is 52.1 Å². The van der Waals surface area contributed by atoms with Gasteiger partial charge >= 0.3 is 6.18 Å². The number of benzene rings is 3. The van der Waals surface area contributed by atoms with Crippen molar-refractivity contribution >= 4 is 17.4 Å². The molecular weight excluding hydrogens is 445 g/mol. The summed E-state index contributed by atoms with van der Waals surface area (Å²) in [6.45, 7) is 5.76. The van der Waals surface area contributed by atoms with Crippen LogP contribution in [0.3, 0.4) is 0 Å². The largest absolute Gasteiger partial charge is 0.416 e. The third-order valence-electron chi connectivity index (χ3n) is 5.78. The molecule has 1 atom stereocenters. The van der Waals surface area contributed by atoms with Gasteiger partial charge in [-0.1, -0.05) is 67.9 Å². The molecule has 5 heteroatoms. The third-order valence-corrected chi connectivity index (χ3v) is 6.03. The van der Waals surface area contributed by atoms with Crippen molar-refractivity contribution in [1.82, 2.24) is 0 Å². The summed E-state index contributed by atoms with van der Waals surface area (Å²) in [6, 6.07) is 18.9. The van der Waals surface area contributed by atoms with Crippen molar-refractivity contribution in [3.63, 3.8) is 0 Å². The molecule has 0 saturated heterocycles. The quantitative estimate of drug-likeness (QED) is 0.321. The van der Waals surface area contributed by atoms with E-state index in [9.17, 15) is 18.0 Å². The van der Waals surface area contributed by atoms with Gasteiger partial charge in [0.25, 0.3) is 0 Å². The lowest BCUT2D eigenvalue weighted by Crippen LogP contribution is -2.12. The Morgan fingerprint density at radius 2 is 1.45 bits per heavy atom. The molecule has 3 aromatic rings. The van der Waals surface area contributed by atoms with Crippen molar-refractivity contribution in [2.24, 2.45) is 5.92 Å². The SMILES string of the molecule is CC(=O)C(CC(C)C)c1cc(CCc2ccc(Cl)cc2)cc(-c2ccc(C(F)(F)F)cc2)c1. The van der Waals surface area contributed by atoms with Crippen LogP contribution in [0.5, 0.6) is 0 Å². The van der Waals surface area contributed by atoms with Gasteiger partial charge in [0.1, 0.15) is 5.78 Å². The minimum Gasteiger partial charge on any atom is -0.299 e. The van der Waals surface area contributed by atoms with E-state index in [2.05, 4.69) is 19.9 Å². The van der Waals surface area contributed by atoms with Crippen molar-refractivity contribution in [1.29, 1.82) is 0 Å². The van der Waals surface area contributed by atoms with Crippen LogP contribution in [-0.2, 0) is 23.8 Å². The minimum atomic E-state index is -4.37. The number of hydrogen-bond donors (Lipinski definition) is 0. The fourth-order valence-corrected chi connectivity index (χ4v) is 4.16. The second kappa shape index (κ2) is 10.6. The lowest BCUT2D eigenvalue weighted by atomic mass is 9.84. The molecule has 174 valence electrons. The molecule has 0 spiro atoms. The molecule has 1 unspecified atom stereocenters. The Balaban J connectivity index is 1.99. The van der Waals surface area contributed by atoms with Crippen molar-refractivity contribution in [2.75, 3.05) is 0 Å². The van der Waals surface area contributed by atoms with E-state index in [1.54, 1.807) is 6.92 Å². The molecule has 0 radical (unpaired) electrons. The number of carbonyl (C=O) groups is 1. The fraction of sp³-hybridized carbons (Fsp3) is 0.321. The normalized spacial score (nSPS) is 12.7. The Hall–Kier alpha value is -2.59. The number of alkyl halides is 3. The van der Waals surface area contributed by atoms with E-state index in [-0.39, 0.29) is 11.7 Å². The predicted molar refractivity (Wildman–Crippen MR) is 129 cm³/mol. The van der Waals surface area contributed by atoms with Crippen LogP contribution >= 0.6 is 11.6 Å². The Morgan fingerprint density at radius 1 is 0.848 bits per heavy atom. The van der Waals surface area contributed by atoms with Gasteiger partial charge in [-0.25, -0.2) is 0 Å². The van der Waals surface area contributed by atoms with Gasteiger partial charge < -0.3 is 0 Å². The third kappa shape index (κ3) is 6.94. The van der Waals surface area contributed by atoms with Gasteiger partial charge in [-0.05, 0) is 84.2 Å². The molecule has 0 aliphatic carbocycles. The van der Waals surface area contributed by atoms with E-state index >= 15 is 0 Å². The number of carbonyl (C=O) groups excluding carboxylic acids is 1. The topological polar surface area (TPSA) is 17.1 Å². The maximum atomic E-state index is 13.0. The zero-order chi connectivity index (χ0) is 24.2. The van der Waals surface area contributed by atoms with Crippen LogP contribution in [0, 0.1) is 5.92 Å². The Labute approximate surface area is 198 Å². The van der Waals surface area contributed by atoms with Crippen LogP contribution in [0.4, 0.5) is 13.2 Å². The lowest BCUT2D eigenvalue weighted by molar-refractivity contribution is -0.137. The van der Waals surface area contributed by atoms with Gasteiger partial charge in [0, 0.05) is 10.9 Å². The molecule has 0 bridgehead atoms. The molecule has 0 fully saturated rings. The first-order valence-corrected chi connectivity index (χ1v) is 11.5. The van der Waals surface area contributed by atoms with Gasteiger partial charge in [0.05, 0.1) is 5.56 Å². The molecule has 0 N–H and O–H groups in total. The van der Waals surface area contributed by atoms with E-state index in [0.29, 0.717) is 16.5 Å². The summed E-state index contributed by atoms with van der Waals surface area (Å²) >= 11 is 5.98. The Morgan fingerprint density at radius 3 is 2.00 bits per heavy atom. The number of halogens is 4. The van der Waals surface area contributed by atoms with Gasteiger partial charge in [-0.3, -0.25) is 4.79 Å². The molecular formula is C28H28ClF3O. The Kier molecular flexibility index (Phi) is 8.01. The van der Waals surface area contributed by atoms with Gasteiger partial charge in [0.2, 0.25) is 0 Å². The molecule has 1 nitrogen and oxygen atoms in total. The predicted octanol–water partition coefficient (Wildman–Crippen LogP) is 8.53. The van der Waals surface area contributed by atoms with E-state index in [0.717, 1.165) is 53.6 Å². The van der Waals surface area contributed by atoms with Gasteiger partial charge in [-0.2, -0.15) is 13.2 Å². The number of aryl methyl sites for hydroxylation is 2. The maximum Gasteiger partial charge on any atom is 0.416 e. The number of hydrogen-bond acceptors (Lipinski definition) is 1. The first-order chi connectivity index (χ1) is 15.5. The lowest BCUT2D eigenvalue weighted by Gasteiger charge is -2.19. The number of rotatable bonds is 8. The molecule has 0 aliphatic heterocycles. The van der Waals surface area contributed by atoms with E-state index < -0.39 is 11.7 Å². The summed E-state index contributed by atoms with van der Waals surface area (Å²) in [5.74, 6) is 0.191. The average Bonchev–Trinajstić information content (AvgIpc) is 2.76. The molecule has 33 heavy (non-hydrogen) atoms. The van der Waals surface area contributed by atoms with Gasteiger partial charge in [0.15, 0.2) is 0 Å². The molecule has 3 aromatic carbocycles. The van der Waals surface area contributed by atoms with Crippen molar-refractivity contribution in [3.8, 4) is 11.1 Å². The first kappa shape index (κ1) is 25.0. The Bertz CT molecular complexity index is 1080. The summed E-state index contributed by atoms with van der Waals surface area (Å²) < 4.78 is 39.0. The molecule has 3 rings (SSSR count). The smallest absolute Gasteiger partial charge is 0.299 e. The van der Waals surface area contributed by atoms with Crippen LogP contribution in [0.25, 0.3) is 11.1 Å². The summed E-state index contributed by atoms with van der Waals surface area (Å²) in [7, 11) is 0. The second-order valence-electron chi connectivity index (χ2n) is 8.96. The van der Waals surface area contributed by atoms with Crippen molar-refractivity contribution in [3.05, 3.63) is 94.0 Å². The van der Waals surface area contributed by atoms with Crippen LogP contribution < -0.4 is 0 Å². The monoisotopic (exact) mass is 472 g/mol. The van der Waals surface area contributed by atoms with Crippen LogP contribution in [-0.4, -0.2) is 5.78 Å². The molecule has 0 heterocycles. The zero-order valence-corrected chi connectivity index (χ0v) is 19.8. The maximum absolute atomic E-state index is 13.0. The number of Topliss-reactive ketones (excluding diaryl/α,β-unsaturated/α-hetero) is 1. The summed E-state index contributed by atoms with van der Waals surface area (Å²) in [6.07, 6.45) is -2.11. The van der Waals surface area contributed by atoms with E-state index in [1.165, 1.54) is 12.1 Å². The zero-order valence-electron chi connectivity index (χ0n) is 19.0. The highest BCUT2D eigenvalue weighted by atomic mass is 35.5. The summed E-state index contributed by atoms with van der Waals surface area (Å²) in [5, 5.41) is 0.684. The number of ketones is 1. The molecule has 0 aliphatic rings. The summed E-state index contributed by atoms with van der Waals surface area (Å²) in [5.41, 5.74) is 3.96. The minimum absolute atomic E-state index is 0.0944. The summed E-state index contributed by atoms with van der Waals surface area (Å²) in [4.78, 5) is 12.5. The fourth-order valence-electron chi connectivity index (χ4n) is 4.03. The molecule has 0 saturated carbocycles. The van der Waals surface area contributed by atoms with Crippen LogP contribution in [0.2, 0.25) is 5.02 Å². The van der Waals surface area contributed by atoms with Crippen LogP contribution in [0.15, 0.2) is 66.7 Å². The van der Waals surface area contributed by atoms with E-state index in [1.807, 2.05) is 36.4 Å². The van der Waals surface area contributed by atoms with E-state index in [4.69, 9.17) is 11.6 Å².